The van der Waals surface area contributed by atoms with Gasteiger partial charge >= 0.3 is 0 Å². The molecule has 10 aliphatic carbocycles. The van der Waals surface area contributed by atoms with Crippen LogP contribution in [0.5, 0.6) is 0 Å². The Hall–Kier alpha value is -15.4. The van der Waals surface area contributed by atoms with E-state index >= 15 is 0 Å². The van der Waals surface area contributed by atoms with E-state index in [1.807, 2.05) is 11.3 Å². The Morgan fingerprint density at radius 1 is 0.227 bits per heavy atom. The van der Waals surface area contributed by atoms with Crippen LogP contribution in [0.1, 0.15) is 122 Å². The van der Waals surface area contributed by atoms with Gasteiger partial charge in [-0.05, 0) is 321 Å². The number of para-hydroxylation sites is 2. The van der Waals surface area contributed by atoms with Crippen LogP contribution >= 0.6 is 11.3 Å². The highest BCUT2D eigenvalue weighted by molar-refractivity contribution is 7.25. The summed E-state index contributed by atoms with van der Waals surface area (Å²) in [5, 5.41) is 5.23. The van der Waals surface area contributed by atoms with E-state index in [4.69, 9.17) is 0 Å². The summed E-state index contributed by atoms with van der Waals surface area (Å²) in [5.41, 5.74) is 46.0. The van der Waals surface area contributed by atoms with Gasteiger partial charge in [-0.1, -0.05) is 353 Å². The molecule has 141 heavy (non-hydrogen) atoms. The van der Waals surface area contributed by atoms with Gasteiger partial charge in [-0.25, -0.2) is 0 Å². The summed E-state index contributed by atoms with van der Waals surface area (Å²) in [7, 11) is 0. The molecule has 6 bridgehead atoms. The molecule has 4 nitrogen and oxygen atoms in total. The highest BCUT2D eigenvalue weighted by Gasteiger charge is 2.60. The summed E-state index contributed by atoms with van der Waals surface area (Å²) in [6.07, 6.45) is 17.2. The van der Waals surface area contributed by atoms with E-state index < -0.39 is 0 Å². The summed E-state index contributed by atoms with van der Waals surface area (Å²) in [6.45, 7) is 0. The molecule has 10 aliphatic rings. The number of thiophene rings is 1. The van der Waals surface area contributed by atoms with Crippen molar-refractivity contribution in [2.24, 2.45) is 35.5 Å². The Bertz CT molecular complexity index is 8450. The van der Waals surface area contributed by atoms with Crippen LogP contribution in [0, 0.1) is 35.5 Å². The van der Waals surface area contributed by atoms with Crippen molar-refractivity contribution in [3.05, 3.63) is 493 Å². The second-order valence-electron chi connectivity index (χ2n) is 42.0. The van der Waals surface area contributed by atoms with Crippen LogP contribution in [-0.2, 0) is 22.7 Å². The van der Waals surface area contributed by atoms with Crippen LogP contribution < -0.4 is 14.7 Å². The van der Waals surface area contributed by atoms with Crippen molar-refractivity contribution in [2.75, 3.05) is 14.7 Å². The van der Waals surface area contributed by atoms with Gasteiger partial charge in [0.2, 0.25) is 0 Å². The average Bonchev–Trinajstić information content (AvgIpc) is 1.53. The van der Waals surface area contributed by atoms with E-state index in [0.717, 1.165) is 41.9 Å². The lowest BCUT2D eigenvalue weighted by molar-refractivity contribution is 0.327. The lowest BCUT2D eigenvalue weighted by Gasteiger charge is -2.37. The van der Waals surface area contributed by atoms with Crippen molar-refractivity contribution < 1.29 is 0 Å². The van der Waals surface area contributed by atoms with Gasteiger partial charge in [0.15, 0.2) is 0 Å². The Morgan fingerprint density at radius 2 is 0.567 bits per heavy atom. The molecular weight excluding hydrogens is 1720 g/mol. The van der Waals surface area contributed by atoms with Crippen LogP contribution in [0.25, 0.3) is 126 Å². The molecule has 31 rings (SSSR count). The monoisotopic (exact) mass is 1830 g/mol. The smallest absolute Gasteiger partial charge is 0.0561 e. The fraction of sp³-hybridized carbons (Fsp3) is 0.162. The molecule has 0 radical (unpaired) electrons. The molecular formula is C136H106N4S. The molecule has 9 unspecified atom stereocenters. The van der Waals surface area contributed by atoms with Crippen LogP contribution in [-0.4, -0.2) is 4.57 Å². The Morgan fingerprint density at radius 3 is 1.04 bits per heavy atom. The minimum Gasteiger partial charge on any atom is -0.310 e. The first kappa shape index (κ1) is 82.7. The lowest BCUT2D eigenvalue weighted by Crippen LogP contribution is -2.31. The maximum absolute atomic E-state index is 2.58. The number of rotatable bonds is 13. The maximum atomic E-state index is 2.58. The van der Waals surface area contributed by atoms with Gasteiger partial charge in [0.1, 0.15) is 0 Å². The molecule has 676 valence electrons. The largest absolute Gasteiger partial charge is 0.310 e. The number of hydrogen-bond donors (Lipinski definition) is 0. The Kier molecular flexibility index (Phi) is 19.3. The van der Waals surface area contributed by atoms with Crippen LogP contribution in [0.4, 0.5) is 51.2 Å². The van der Waals surface area contributed by atoms with E-state index in [-0.39, 0.29) is 16.2 Å². The normalized spacial score (nSPS) is 20.8. The third kappa shape index (κ3) is 12.9. The second kappa shape index (κ2) is 32.9. The molecule has 6 fully saturated rings. The van der Waals surface area contributed by atoms with Crippen LogP contribution in [0.2, 0.25) is 0 Å². The number of nitrogens with zero attached hydrogens (tertiary/aromatic N) is 4. The molecule has 2 heterocycles. The van der Waals surface area contributed by atoms with Gasteiger partial charge in [0.25, 0.3) is 0 Å². The van der Waals surface area contributed by atoms with E-state index in [1.165, 1.54) is 265 Å². The van der Waals surface area contributed by atoms with Crippen molar-refractivity contribution in [2.45, 2.75) is 99.7 Å². The van der Waals surface area contributed by atoms with Gasteiger partial charge in [-0.3, -0.25) is 0 Å². The van der Waals surface area contributed by atoms with Crippen LogP contribution in [0.3, 0.4) is 0 Å². The Labute approximate surface area is 829 Å². The third-order valence-corrected chi connectivity index (χ3v) is 36.3. The van der Waals surface area contributed by atoms with Gasteiger partial charge in [0, 0.05) is 104 Å². The minimum absolute atomic E-state index is 0.122. The van der Waals surface area contributed by atoms with Gasteiger partial charge in [-0.15, -0.1) is 11.3 Å². The fourth-order valence-corrected chi connectivity index (χ4v) is 30.6. The first-order valence-corrected chi connectivity index (χ1v) is 52.4. The summed E-state index contributed by atoms with van der Waals surface area (Å²) >= 11 is 1.89. The molecule has 0 aliphatic heterocycles. The maximum Gasteiger partial charge on any atom is 0.0561 e. The van der Waals surface area contributed by atoms with Crippen molar-refractivity contribution in [3.63, 3.8) is 0 Å². The highest BCUT2D eigenvalue weighted by Crippen LogP contribution is 2.71. The molecule has 0 saturated heterocycles. The van der Waals surface area contributed by atoms with Crippen molar-refractivity contribution in [3.8, 4) is 83.6 Å². The molecule has 9 atom stereocenters. The topological polar surface area (TPSA) is 14.7 Å². The quantitative estimate of drug-likeness (QED) is 0.114. The number of benzene rings is 19. The molecule has 0 amide bonds. The minimum atomic E-state index is 0.122. The van der Waals surface area contributed by atoms with E-state index in [9.17, 15) is 0 Å². The number of hydrogen-bond acceptors (Lipinski definition) is 4. The standard InChI is InChI=1S/C50H38N2.C43H33NS.C43H35N/c1-2-12-36(13-3-1)52-46-19-9-7-15-40(46)41-26-25-38(30-48(41)52)51(37-24-22-34-28-33-11-4-5-14-39(33)43(34)29-37)47-20-10-18-45-49(47)42-16-6-8-17-44(42)50(45)31-32-21-23-35(50)27-32;1-2-9-29(10-3-1)30-18-21-32(22-19-30)44(33-23-24-35-34-11-5-7-16-40(34)45-41(35)26-33)39-15-8-14-38-42(39)36-12-4-6-13-37(36)43(38)27-28-17-20-31(43)25-28;1-3-10-31(11-4-1)33-19-24-36(25-20-33)44(37-26-21-34(22-27-37)32-12-5-2-6-13-32)41-17-9-16-40-42(41)38-14-7-8-15-39(38)43(40)29-30-18-23-35(43)28-30/h1-20,22,24-26,29-30,32,35H,21,23,27-28,31H2;1-16,18-19,21-24,26,28,31H,17,20,25,27H2;1-17,19-22,24-27,30,35H,18,23,28-29H2. The molecule has 21 aromatic rings. The SMILES string of the molecule is c1ccc(-c2ccc(N(c3ccc(-c4ccccc4)cc3)c3cccc4c3-c3ccccc3C43CC4CCC3C4)cc2)cc1.c1ccc(-c2ccc(N(c3ccc4c(c3)sc3ccccc34)c3cccc4c3-c3ccccc3C43CC4CCC3C4)cc2)cc1.c1ccc(-n2c3ccccc3c3ccc(N(c4ccc5c(c4)-c4ccccc4C5)c4cccc5c4-c4ccccc4C54CC5CCC4C5)cc32)cc1. The van der Waals surface area contributed by atoms with Gasteiger partial charge < -0.3 is 19.3 Å². The zero-order valence-corrected chi connectivity index (χ0v) is 79.9. The summed E-state index contributed by atoms with van der Waals surface area (Å²) in [4.78, 5) is 7.60. The first-order chi connectivity index (χ1) is 69.8. The molecule has 2 aromatic heterocycles. The zero-order chi connectivity index (χ0) is 92.6. The molecule has 6 saturated carbocycles. The summed E-state index contributed by atoms with van der Waals surface area (Å²) in [5.74, 6) is 4.76. The van der Waals surface area contributed by atoms with E-state index in [1.54, 1.807) is 33.4 Å². The van der Waals surface area contributed by atoms with E-state index in [0.29, 0.717) is 0 Å². The number of anilines is 9. The van der Waals surface area contributed by atoms with Crippen molar-refractivity contribution in [1.29, 1.82) is 0 Å². The first-order valence-electron chi connectivity index (χ1n) is 51.6. The molecule has 5 heteroatoms. The van der Waals surface area contributed by atoms with Gasteiger partial charge in [-0.2, -0.15) is 0 Å². The van der Waals surface area contributed by atoms with Crippen LogP contribution in [0.15, 0.2) is 449 Å². The fourth-order valence-electron chi connectivity index (χ4n) is 29.5. The summed E-state index contributed by atoms with van der Waals surface area (Å²) in [6, 6.07) is 168. The lowest BCUT2D eigenvalue weighted by atomic mass is 9.67. The van der Waals surface area contributed by atoms with Gasteiger partial charge in [0.05, 0.1) is 28.1 Å². The molecule has 0 N–H and O–H groups in total. The predicted molar refractivity (Wildman–Crippen MR) is 590 cm³/mol. The molecule has 3 spiro atoms. The highest BCUT2D eigenvalue weighted by atomic mass is 32.1. The zero-order valence-electron chi connectivity index (χ0n) is 79.1. The third-order valence-electron chi connectivity index (χ3n) is 35.2. The second-order valence-corrected chi connectivity index (χ2v) is 43.1. The van der Waals surface area contributed by atoms with Crippen molar-refractivity contribution >= 4 is 105 Å². The van der Waals surface area contributed by atoms with Crippen molar-refractivity contribution in [1.82, 2.24) is 4.57 Å². The number of aromatic nitrogens is 1. The predicted octanol–water partition coefficient (Wildman–Crippen LogP) is 36.8. The Balaban J connectivity index is 0.000000102. The average molecular weight is 1830 g/mol. The molecule has 19 aromatic carbocycles. The number of fused-ring (bicyclic) bond motifs is 33. The van der Waals surface area contributed by atoms with E-state index in [2.05, 4.69) is 468 Å². The summed E-state index contributed by atoms with van der Waals surface area (Å²) < 4.78 is 5.12.